The van der Waals surface area contributed by atoms with Gasteiger partial charge in [0, 0.05) is 32.5 Å². The molecule has 19 heavy (non-hydrogen) atoms. The number of hydrogen-bond acceptors (Lipinski definition) is 2. The summed E-state index contributed by atoms with van der Waals surface area (Å²) in [6, 6.07) is 1.93. The average molecular weight is 263 g/mol. The quantitative estimate of drug-likeness (QED) is 0.336. The van der Waals surface area contributed by atoms with Crippen molar-refractivity contribution in [3.8, 4) is 0 Å². The summed E-state index contributed by atoms with van der Waals surface area (Å²) in [5, 5.41) is 7.48. The smallest absolute Gasteiger partial charge is 0.193 e. The lowest BCUT2D eigenvalue weighted by Gasteiger charge is -2.21. The first-order chi connectivity index (χ1) is 9.27. The van der Waals surface area contributed by atoms with E-state index in [1.54, 1.807) is 6.20 Å². The van der Waals surface area contributed by atoms with Crippen LogP contribution in [0.3, 0.4) is 0 Å². The highest BCUT2D eigenvalue weighted by Crippen LogP contribution is 1.95. The van der Waals surface area contributed by atoms with Gasteiger partial charge in [-0.15, -0.1) is 6.58 Å². The Balaban J connectivity index is 2.42. The minimum atomic E-state index is 0.732. The van der Waals surface area contributed by atoms with E-state index in [2.05, 4.69) is 40.9 Å². The molecule has 1 rings (SSSR count). The highest BCUT2D eigenvalue weighted by atomic mass is 15.3. The van der Waals surface area contributed by atoms with Crippen molar-refractivity contribution in [3.63, 3.8) is 0 Å². The Hall–Kier alpha value is -1.78. The molecule has 0 saturated heterocycles. The topological polar surface area (TPSA) is 45.5 Å². The van der Waals surface area contributed by atoms with Crippen LogP contribution in [0.5, 0.6) is 0 Å². The van der Waals surface area contributed by atoms with E-state index in [9.17, 15) is 0 Å². The fourth-order valence-electron chi connectivity index (χ4n) is 1.74. The highest BCUT2D eigenvalue weighted by Gasteiger charge is 2.04. The molecule has 5 heteroatoms. The fraction of sp³-hybridized carbons (Fsp3) is 0.571. The van der Waals surface area contributed by atoms with Gasteiger partial charge in [0.15, 0.2) is 5.96 Å². The SMILES string of the molecule is C=CCCCN(C)C(=NCCn1cccn1)NCC. The minimum Gasteiger partial charge on any atom is -0.357 e. The third-order valence-corrected chi connectivity index (χ3v) is 2.75. The van der Waals surface area contributed by atoms with Crippen LogP contribution in [-0.2, 0) is 6.54 Å². The van der Waals surface area contributed by atoms with Crippen molar-refractivity contribution >= 4 is 5.96 Å². The van der Waals surface area contributed by atoms with Gasteiger partial charge >= 0.3 is 0 Å². The Labute approximate surface area is 116 Å². The molecule has 0 aliphatic heterocycles. The van der Waals surface area contributed by atoms with Gasteiger partial charge in [-0.3, -0.25) is 9.67 Å². The number of nitrogens with zero attached hydrogens (tertiary/aromatic N) is 4. The summed E-state index contributed by atoms with van der Waals surface area (Å²) in [6.07, 6.45) is 7.84. The molecule has 1 N–H and O–H groups in total. The Kier molecular flexibility index (Phi) is 7.39. The lowest BCUT2D eigenvalue weighted by Crippen LogP contribution is -2.39. The van der Waals surface area contributed by atoms with E-state index in [1.165, 1.54) is 0 Å². The molecular weight excluding hydrogens is 238 g/mol. The zero-order valence-corrected chi connectivity index (χ0v) is 12.0. The highest BCUT2D eigenvalue weighted by molar-refractivity contribution is 5.79. The third kappa shape index (κ3) is 6.08. The van der Waals surface area contributed by atoms with E-state index in [1.807, 2.05) is 23.0 Å². The van der Waals surface area contributed by atoms with Crippen LogP contribution in [-0.4, -0.2) is 47.3 Å². The maximum atomic E-state index is 4.61. The number of hydrogen-bond donors (Lipinski definition) is 1. The molecule has 0 bridgehead atoms. The number of unbranched alkanes of at least 4 members (excludes halogenated alkanes) is 1. The molecular formula is C14H25N5. The predicted octanol–water partition coefficient (Wildman–Crippen LogP) is 1.75. The van der Waals surface area contributed by atoms with Crippen LogP contribution in [0.2, 0.25) is 0 Å². The van der Waals surface area contributed by atoms with E-state index in [4.69, 9.17) is 0 Å². The van der Waals surface area contributed by atoms with Gasteiger partial charge in [-0.05, 0) is 25.8 Å². The molecule has 1 aromatic rings. The molecule has 0 unspecified atom stereocenters. The van der Waals surface area contributed by atoms with Gasteiger partial charge in [-0.25, -0.2) is 0 Å². The molecule has 0 aliphatic rings. The van der Waals surface area contributed by atoms with Crippen LogP contribution in [0.15, 0.2) is 36.1 Å². The summed E-state index contributed by atoms with van der Waals surface area (Å²) in [6.45, 7) is 9.23. The largest absolute Gasteiger partial charge is 0.357 e. The van der Waals surface area contributed by atoms with Gasteiger partial charge < -0.3 is 10.2 Å². The molecule has 0 spiro atoms. The lowest BCUT2D eigenvalue weighted by molar-refractivity contribution is 0.468. The van der Waals surface area contributed by atoms with Gasteiger partial charge in [0.1, 0.15) is 0 Å². The Morgan fingerprint density at radius 3 is 3.05 bits per heavy atom. The van der Waals surface area contributed by atoms with E-state index in [0.717, 1.165) is 45.0 Å². The van der Waals surface area contributed by atoms with Gasteiger partial charge in [0.2, 0.25) is 0 Å². The maximum absolute atomic E-state index is 4.61. The first-order valence-electron chi connectivity index (χ1n) is 6.85. The molecule has 1 heterocycles. The standard InChI is InChI=1S/C14H25N5/c1-4-6-7-11-18(3)14(15-5-2)16-10-13-19-12-8-9-17-19/h4,8-9,12H,1,5-7,10-11,13H2,2-3H3,(H,15,16). The molecule has 0 saturated carbocycles. The third-order valence-electron chi connectivity index (χ3n) is 2.75. The van der Waals surface area contributed by atoms with Gasteiger partial charge in [0.25, 0.3) is 0 Å². The van der Waals surface area contributed by atoms with E-state index in [0.29, 0.717) is 0 Å². The van der Waals surface area contributed by atoms with Crippen molar-refractivity contribution in [1.82, 2.24) is 20.0 Å². The Morgan fingerprint density at radius 1 is 1.58 bits per heavy atom. The molecule has 0 amide bonds. The van der Waals surface area contributed by atoms with Gasteiger partial charge in [-0.2, -0.15) is 5.10 Å². The zero-order chi connectivity index (χ0) is 13.9. The summed E-state index contributed by atoms with van der Waals surface area (Å²) in [5.41, 5.74) is 0. The first-order valence-corrected chi connectivity index (χ1v) is 6.85. The van der Waals surface area contributed by atoms with Crippen LogP contribution in [0.4, 0.5) is 0 Å². The van der Waals surface area contributed by atoms with E-state index in [-0.39, 0.29) is 0 Å². The molecule has 106 valence electrons. The molecule has 0 fully saturated rings. The molecule has 0 aliphatic carbocycles. The second-order valence-corrected chi connectivity index (χ2v) is 4.36. The lowest BCUT2D eigenvalue weighted by atomic mass is 10.3. The van der Waals surface area contributed by atoms with Gasteiger partial charge in [0.05, 0.1) is 13.1 Å². The summed E-state index contributed by atoms with van der Waals surface area (Å²) in [7, 11) is 2.07. The second kappa shape index (κ2) is 9.19. The van der Waals surface area contributed by atoms with Crippen LogP contribution >= 0.6 is 0 Å². The average Bonchev–Trinajstić information content (AvgIpc) is 2.91. The van der Waals surface area contributed by atoms with Crippen LogP contribution in [0.1, 0.15) is 19.8 Å². The number of aromatic nitrogens is 2. The summed E-state index contributed by atoms with van der Waals surface area (Å²) in [5.74, 6) is 0.957. The van der Waals surface area contributed by atoms with Crippen LogP contribution in [0.25, 0.3) is 0 Å². The first kappa shape index (κ1) is 15.3. The van der Waals surface area contributed by atoms with Crippen molar-refractivity contribution in [2.24, 2.45) is 4.99 Å². The monoisotopic (exact) mass is 263 g/mol. The van der Waals surface area contributed by atoms with Crippen LogP contribution < -0.4 is 5.32 Å². The van der Waals surface area contributed by atoms with Crippen LogP contribution in [0, 0.1) is 0 Å². The second-order valence-electron chi connectivity index (χ2n) is 4.36. The molecule has 0 atom stereocenters. The van der Waals surface area contributed by atoms with Crippen molar-refractivity contribution in [2.75, 3.05) is 26.7 Å². The van der Waals surface area contributed by atoms with Crippen molar-refractivity contribution < 1.29 is 0 Å². The molecule has 1 aromatic heterocycles. The number of nitrogens with one attached hydrogen (secondary N) is 1. The van der Waals surface area contributed by atoms with E-state index >= 15 is 0 Å². The van der Waals surface area contributed by atoms with Crippen molar-refractivity contribution in [1.29, 1.82) is 0 Å². The number of guanidine groups is 1. The Bertz CT molecular complexity index is 369. The maximum Gasteiger partial charge on any atom is 0.193 e. The predicted molar refractivity (Wildman–Crippen MR) is 80.3 cm³/mol. The summed E-state index contributed by atoms with van der Waals surface area (Å²) in [4.78, 5) is 6.77. The van der Waals surface area contributed by atoms with Gasteiger partial charge in [-0.1, -0.05) is 6.08 Å². The summed E-state index contributed by atoms with van der Waals surface area (Å²) < 4.78 is 1.89. The normalized spacial score (nSPS) is 11.4. The molecule has 0 radical (unpaired) electrons. The number of allylic oxidation sites excluding steroid dienone is 1. The number of aliphatic imine (C=N–C) groups is 1. The Morgan fingerprint density at radius 2 is 2.42 bits per heavy atom. The van der Waals surface area contributed by atoms with Crippen molar-refractivity contribution in [2.45, 2.75) is 26.3 Å². The minimum absolute atomic E-state index is 0.732. The number of rotatable bonds is 8. The molecule has 0 aromatic carbocycles. The summed E-state index contributed by atoms with van der Waals surface area (Å²) >= 11 is 0. The molecule has 5 nitrogen and oxygen atoms in total. The van der Waals surface area contributed by atoms with Crippen molar-refractivity contribution in [3.05, 3.63) is 31.1 Å². The fourth-order valence-corrected chi connectivity index (χ4v) is 1.74. The zero-order valence-electron chi connectivity index (χ0n) is 12.0. The van der Waals surface area contributed by atoms with E-state index < -0.39 is 0 Å².